The van der Waals surface area contributed by atoms with Gasteiger partial charge >= 0.3 is 0 Å². The first kappa shape index (κ1) is 13.9. The summed E-state index contributed by atoms with van der Waals surface area (Å²) in [5, 5.41) is 3.55. The third-order valence-electron chi connectivity index (χ3n) is 3.64. The van der Waals surface area contributed by atoms with Crippen molar-refractivity contribution in [1.82, 2.24) is 5.32 Å². The molecule has 104 valence electrons. The minimum Gasteiger partial charge on any atom is -0.377 e. The van der Waals surface area contributed by atoms with Crippen LogP contribution in [0.15, 0.2) is 27.6 Å². The summed E-state index contributed by atoms with van der Waals surface area (Å²) in [6, 6.07) is 7.47. The molecule has 2 nitrogen and oxygen atoms in total. The first-order valence-corrected chi connectivity index (χ1v) is 8.85. The quantitative estimate of drug-likeness (QED) is 0.791. The van der Waals surface area contributed by atoms with E-state index in [0.29, 0.717) is 6.10 Å². The second-order valence-corrected chi connectivity index (χ2v) is 7.30. The zero-order valence-electron chi connectivity index (χ0n) is 11.0. The number of thioether (sulfide) groups is 1. The van der Waals surface area contributed by atoms with Gasteiger partial charge in [0.05, 0.1) is 6.10 Å². The van der Waals surface area contributed by atoms with Crippen molar-refractivity contribution in [1.29, 1.82) is 0 Å². The zero-order valence-corrected chi connectivity index (χ0v) is 13.4. The molecule has 2 fully saturated rings. The van der Waals surface area contributed by atoms with Crippen LogP contribution in [0.1, 0.15) is 31.2 Å². The van der Waals surface area contributed by atoms with Crippen molar-refractivity contribution >= 4 is 27.7 Å². The lowest BCUT2D eigenvalue weighted by Gasteiger charge is -2.11. The van der Waals surface area contributed by atoms with Crippen LogP contribution in [0.25, 0.3) is 0 Å². The van der Waals surface area contributed by atoms with Gasteiger partial charge in [-0.25, -0.2) is 0 Å². The fraction of sp³-hybridized carbons (Fsp3) is 0.600. The van der Waals surface area contributed by atoms with Gasteiger partial charge in [-0.05, 0) is 43.4 Å². The van der Waals surface area contributed by atoms with Gasteiger partial charge < -0.3 is 10.1 Å². The molecular weight excluding hydrogens is 322 g/mol. The predicted octanol–water partition coefficient (Wildman–Crippen LogP) is 3.97. The Morgan fingerprint density at radius 3 is 2.89 bits per heavy atom. The van der Waals surface area contributed by atoms with Crippen molar-refractivity contribution in [2.45, 2.75) is 49.3 Å². The molecule has 1 N–H and O–H groups in total. The largest absolute Gasteiger partial charge is 0.377 e. The van der Waals surface area contributed by atoms with Crippen LogP contribution >= 0.6 is 27.7 Å². The molecule has 4 heteroatoms. The van der Waals surface area contributed by atoms with E-state index in [0.717, 1.165) is 24.9 Å². The van der Waals surface area contributed by atoms with E-state index in [1.165, 1.54) is 40.6 Å². The molecule has 1 saturated heterocycles. The Morgan fingerprint density at radius 2 is 2.21 bits per heavy atom. The summed E-state index contributed by atoms with van der Waals surface area (Å²) in [7, 11) is 0. The highest BCUT2D eigenvalue weighted by molar-refractivity contribution is 9.10. The Labute approximate surface area is 127 Å². The first-order valence-electron chi connectivity index (χ1n) is 7.07. The number of benzene rings is 1. The lowest BCUT2D eigenvalue weighted by Crippen LogP contribution is -2.15. The number of hydrogen-bond acceptors (Lipinski definition) is 3. The van der Waals surface area contributed by atoms with Gasteiger partial charge in [-0.3, -0.25) is 0 Å². The van der Waals surface area contributed by atoms with E-state index < -0.39 is 0 Å². The molecule has 1 saturated carbocycles. The topological polar surface area (TPSA) is 21.3 Å². The number of hydrogen-bond donors (Lipinski definition) is 1. The van der Waals surface area contributed by atoms with E-state index in [-0.39, 0.29) is 0 Å². The van der Waals surface area contributed by atoms with Crippen molar-refractivity contribution < 1.29 is 4.74 Å². The summed E-state index contributed by atoms with van der Waals surface area (Å²) >= 11 is 5.59. The average Bonchev–Trinajstić information content (AvgIpc) is 3.09. The van der Waals surface area contributed by atoms with E-state index in [4.69, 9.17) is 4.74 Å². The van der Waals surface area contributed by atoms with E-state index in [2.05, 4.69) is 39.4 Å². The normalized spacial score (nSPS) is 22.9. The third kappa shape index (κ3) is 4.22. The van der Waals surface area contributed by atoms with E-state index in [9.17, 15) is 0 Å². The van der Waals surface area contributed by atoms with Crippen molar-refractivity contribution in [3.05, 3.63) is 28.2 Å². The molecule has 3 rings (SSSR count). The number of halogens is 1. The third-order valence-corrected chi connectivity index (χ3v) is 5.51. The van der Waals surface area contributed by atoms with Crippen LogP contribution in [0.3, 0.4) is 0 Å². The fourth-order valence-corrected chi connectivity index (χ4v) is 3.95. The van der Waals surface area contributed by atoms with E-state index in [1.54, 1.807) is 0 Å². The summed E-state index contributed by atoms with van der Waals surface area (Å²) in [5.74, 6) is 1.08. The van der Waals surface area contributed by atoms with Crippen molar-refractivity contribution in [2.24, 2.45) is 0 Å². The fourth-order valence-electron chi connectivity index (χ4n) is 2.27. The van der Waals surface area contributed by atoms with Crippen LogP contribution in [0, 0.1) is 0 Å². The van der Waals surface area contributed by atoms with Gasteiger partial charge in [0.2, 0.25) is 0 Å². The molecular formula is C15H20BrNOS. The van der Waals surface area contributed by atoms with Gasteiger partial charge in [0.15, 0.2) is 0 Å². The van der Waals surface area contributed by atoms with E-state index >= 15 is 0 Å². The highest BCUT2D eigenvalue weighted by atomic mass is 79.9. The summed E-state index contributed by atoms with van der Waals surface area (Å²) < 4.78 is 6.88. The SMILES string of the molecule is Brc1cc(SCC2CCCO2)ccc1CNC1CC1. The second kappa shape index (κ2) is 6.61. The lowest BCUT2D eigenvalue weighted by molar-refractivity contribution is 0.129. The van der Waals surface area contributed by atoms with Crippen LogP contribution in [0.2, 0.25) is 0 Å². The van der Waals surface area contributed by atoms with Crippen LogP contribution < -0.4 is 5.32 Å². The molecule has 0 bridgehead atoms. The Balaban J connectivity index is 1.51. The summed E-state index contributed by atoms with van der Waals surface area (Å²) in [6.07, 6.45) is 5.58. The molecule has 1 heterocycles. The predicted molar refractivity (Wildman–Crippen MR) is 83.7 cm³/mol. The monoisotopic (exact) mass is 341 g/mol. The Bertz CT molecular complexity index is 430. The molecule has 2 aliphatic rings. The summed E-state index contributed by atoms with van der Waals surface area (Å²) in [4.78, 5) is 1.33. The van der Waals surface area contributed by atoms with Gasteiger partial charge in [0, 0.05) is 34.3 Å². The van der Waals surface area contributed by atoms with Gasteiger partial charge in [-0.2, -0.15) is 0 Å². The molecule has 0 spiro atoms. The van der Waals surface area contributed by atoms with Gasteiger partial charge in [0.1, 0.15) is 0 Å². The highest BCUT2D eigenvalue weighted by Crippen LogP contribution is 2.28. The molecule has 1 unspecified atom stereocenters. The molecule has 0 radical (unpaired) electrons. The van der Waals surface area contributed by atoms with Crippen LogP contribution in [-0.2, 0) is 11.3 Å². The lowest BCUT2D eigenvalue weighted by atomic mass is 10.2. The van der Waals surface area contributed by atoms with Crippen molar-refractivity contribution in [3.8, 4) is 0 Å². The summed E-state index contributed by atoms with van der Waals surface area (Å²) in [6.45, 7) is 1.92. The second-order valence-electron chi connectivity index (χ2n) is 5.35. The molecule has 0 amide bonds. The molecule has 0 aromatic heterocycles. The smallest absolute Gasteiger partial charge is 0.0669 e. The molecule has 1 aliphatic heterocycles. The maximum Gasteiger partial charge on any atom is 0.0669 e. The summed E-state index contributed by atoms with van der Waals surface area (Å²) in [5.41, 5.74) is 1.35. The van der Waals surface area contributed by atoms with Crippen LogP contribution in [0.4, 0.5) is 0 Å². The molecule has 1 aliphatic carbocycles. The van der Waals surface area contributed by atoms with Gasteiger partial charge in [0.25, 0.3) is 0 Å². The Kier molecular flexibility index (Phi) is 4.85. The van der Waals surface area contributed by atoms with Crippen LogP contribution in [-0.4, -0.2) is 24.5 Å². The maximum absolute atomic E-state index is 5.66. The standard InChI is InChI=1S/C15H20BrNOS/c16-15-8-14(19-10-13-2-1-7-18-13)6-3-11(15)9-17-12-4-5-12/h3,6,8,12-13,17H,1-2,4-5,7,9-10H2. The van der Waals surface area contributed by atoms with Crippen molar-refractivity contribution in [3.63, 3.8) is 0 Å². The van der Waals surface area contributed by atoms with Crippen molar-refractivity contribution in [2.75, 3.05) is 12.4 Å². The zero-order chi connectivity index (χ0) is 13.1. The number of nitrogens with one attached hydrogen (secondary N) is 1. The minimum atomic E-state index is 0.458. The van der Waals surface area contributed by atoms with Crippen LogP contribution in [0.5, 0.6) is 0 Å². The highest BCUT2D eigenvalue weighted by Gasteiger charge is 2.20. The van der Waals surface area contributed by atoms with Gasteiger partial charge in [-0.15, -0.1) is 11.8 Å². The molecule has 19 heavy (non-hydrogen) atoms. The van der Waals surface area contributed by atoms with E-state index in [1.807, 2.05) is 11.8 Å². The molecule has 1 aromatic rings. The Hall–Kier alpha value is -0.0300. The average molecular weight is 342 g/mol. The van der Waals surface area contributed by atoms with Gasteiger partial charge in [-0.1, -0.05) is 22.0 Å². The maximum atomic E-state index is 5.66. The minimum absolute atomic E-state index is 0.458. The number of rotatable bonds is 6. The Morgan fingerprint density at radius 1 is 1.32 bits per heavy atom. The molecule has 1 atom stereocenters. The first-order chi connectivity index (χ1) is 9.31. The number of ether oxygens (including phenoxy) is 1. The molecule has 1 aromatic carbocycles.